The first kappa shape index (κ1) is 23.8. The number of rotatable bonds is 7. The van der Waals surface area contributed by atoms with Crippen LogP contribution < -0.4 is 4.90 Å². The van der Waals surface area contributed by atoms with Crippen LogP contribution in [0.4, 0.5) is 5.82 Å². The van der Waals surface area contributed by atoms with Crippen molar-refractivity contribution in [3.63, 3.8) is 0 Å². The van der Waals surface area contributed by atoms with Crippen LogP contribution in [0.2, 0.25) is 0 Å². The van der Waals surface area contributed by atoms with Gasteiger partial charge in [0.2, 0.25) is 5.91 Å². The van der Waals surface area contributed by atoms with Crippen molar-refractivity contribution in [2.75, 3.05) is 43.4 Å². The van der Waals surface area contributed by atoms with Gasteiger partial charge in [0.1, 0.15) is 5.82 Å². The minimum atomic E-state index is -0.368. The summed E-state index contributed by atoms with van der Waals surface area (Å²) >= 11 is 1.46. The molecule has 4 rings (SSSR count). The van der Waals surface area contributed by atoms with E-state index in [2.05, 4.69) is 46.9 Å². The molecule has 1 aliphatic heterocycles. The van der Waals surface area contributed by atoms with Gasteiger partial charge in [0.15, 0.2) is 5.16 Å². The highest BCUT2D eigenvalue weighted by Crippen LogP contribution is 2.24. The maximum Gasteiger partial charge on any atom is 0.339 e. The molecule has 0 unspecified atom stereocenters. The minimum Gasteiger partial charge on any atom is -0.462 e. The van der Waals surface area contributed by atoms with Gasteiger partial charge in [-0.15, -0.1) is 0 Å². The van der Waals surface area contributed by atoms with Crippen LogP contribution in [0.15, 0.2) is 54.1 Å². The van der Waals surface area contributed by atoms with Gasteiger partial charge in [0.05, 0.1) is 23.6 Å². The number of piperazine rings is 1. The van der Waals surface area contributed by atoms with E-state index in [0.717, 1.165) is 22.2 Å². The first-order valence-electron chi connectivity index (χ1n) is 11.4. The number of thioether (sulfide) groups is 1. The number of aromatic nitrogens is 3. The Morgan fingerprint density at radius 1 is 1.06 bits per heavy atom. The second kappa shape index (κ2) is 10.7. The van der Waals surface area contributed by atoms with Crippen molar-refractivity contribution >= 4 is 29.5 Å². The molecule has 9 heteroatoms. The van der Waals surface area contributed by atoms with Gasteiger partial charge in [-0.3, -0.25) is 9.36 Å². The van der Waals surface area contributed by atoms with E-state index < -0.39 is 0 Å². The molecule has 1 saturated heterocycles. The summed E-state index contributed by atoms with van der Waals surface area (Å²) < 4.78 is 7.05. The average molecular weight is 480 g/mol. The molecule has 1 amide bonds. The number of carbonyl (C=O) groups excluding carboxylic acids is 2. The maximum atomic E-state index is 12.9. The average Bonchev–Trinajstić information content (AvgIpc) is 3.33. The summed E-state index contributed by atoms with van der Waals surface area (Å²) in [5.41, 5.74) is 3.87. The highest BCUT2D eigenvalue weighted by Gasteiger charge is 2.23. The summed E-state index contributed by atoms with van der Waals surface area (Å²) in [7, 11) is 0. The highest BCUT2D eigenvalue weighted by atomic mass is 32.2. The summed E-state index contributed by atoms with van der Waals surface area (Å²) in [6, 6.07) is 9.88. The molecule has 0 saturated carbocycles. The number of pyridine rings is 1. The van der Waals surface area contributed by atoms with Crippen molar-refractivity contribution in [3.8, 4) is 5.69 Å². The fourth-order valence-corrected chi connectivity index (χ4v) is 4.74. The number of nitrogens with zero attached hydrogens (tertiary/aromatic N) is 5. The molecule has 1 fully saturated rings. The Morgan fingerprint density at radius 2 is 1.85 bits per heavy atom. The lowest BCUT2D eigenvalue weighted by molar-refractivity contribution is -0.128. The van der Waals surface area contributed by atoms with Crippen molar-refractivity contribution in [2.24, 2.45) is 0 Å². The van der Waals surface area contributed by atoms with Crippen molar-refractivity contribution in [3.05, 3.63) is 65.6 Å². The van der Waals surface area contributed by atoms with Gasteiger partial charge in [0, 0.05) is 44.8 Å². The third-order valence-electron chi connectivity index (χ3n) is 5.77. The predicted molar refractivity (Wildman–Crippen MR) is 133 cm³/mol. The quantitative estimate of drug-likeness (QED) is 0.379. The Balaban J connectivity index is 1.31. The molecule has 2 aromatic heterocycles. The molecule has 0 spiro atoms. The highest BCUT2D eigenvalue weighted by molar-refractivity contribution is 7.99. The molecule has 1 aliphatic rings. The third-order valence-corrected chi connectivity index (χ3v) is 6.72. The van der Waals surface area contributed by atoms with E-state index in [4.69, 9.17) is 4.74 Å². The molecule has 3 heterocycles. The number of carbonyl (C=O) groups is 2. The van der Waals surface area contributed by atoms with Gasteiger partial charge in [-0.1, -0.05) is 23.9 Å². The lowest BCUT2D eigenvalue weighted by Gasteiger charge is -2.35. The Labute approximate surface area is 203 Å². The molecule has 0 bridgehead atoms. The minimum absolute atomic E-state index is 0.103. The van der Waals surface area contributed by atoms with Crippen molar-refractivity contribution < 1.29 is 14.3 Å². The number of hydrogen-bond acceptors (Lipinski definition) is 7. The Kier molecular flexibility index (Phi) is 7.52. The van der Waals surface area contributed by atoms with Crippen molar-refractivity contribution in [1.29, 1.82) is 0 Å². The largest absolute Gasteiger partial charge is 0.462 e. The normalized spacial score (nSPS) is 13.7. The second-order valence-corrected chi connectivity index (χ2v) is 9.09. The van der Waals surface area contributed by atoms with Gasteiger partial charge in [0.25, 0.3) is 0 Å². The second-order valence-electron chi connectivity index (χ2n) is 8.15. The fraction of sp³-hybridized carbons (Fsp3) is 0.360. The monoisotopic (exact) mass is 479 g/mol. The fourth-order valence-electron chi connectivity index (χ4n) is 3.87. The SMILES string of the molecule is CCOC(=O)c1ccc(N2CCN(C(=O)CSc3nccn3-c3cc(C)ccc3C)CC2)nc1. The zero-order chi connectivity index (χ0) is 24.1. The van der Waals surface area contributed by atoms with E-state index >= 15 is 0 Å². The van der Waals surface area contributed by atoms with E-state index in [-0.39, 0.29) is 11.9 Å². The Morgan fingerprint density at radius 3 is 2.56 bits per heavy atom. The van der Waals surface area contributed by atoms with Crippen LogP contribution in [-0.4, -0.2) is 69.9 Å². The van der Waals surface area contributed by atoms with Crippen LogP contribution in [0, 0.1) is 13.8 Å². The predicted octanol–water partition coefficient (Wildman–Crippen LogP) is 3.50. The van der Waals surface area contributed by atoms with Crippen LogP contribution in [0.5, 0.6) is 0 Å². The van der Waals surface area contributed by atoms with Crippen LogP contribution in [0.25, 0.3) is 5.69 Å². The van der Waals surface area contributed by atoms with Crippen LogP contribution >= 0.6 is 11.8 Å². The molecule has 34 heavy (non-hydrogen) atoms. The maximum absolute atomic E-state index is 12.9. The molecule has 0 atom stereocenters. The molecule has 0 N–H and O–H groups in total. The number of aryl methyl sites for hydroxylation is 2. The van der Waals surface area contributed by atoms with Gasteiger partial charge >= 0.3 is 5.97 Å². The van der Waals surface area contributed by atoms with E-state index in [0.29, 0.717) is 44.1 Å². The van der Waals surface area contributed by atoms with E-state index in [9.17, 15) is 9.59 Å². The number of imidazole rings is 1. The van der Waals surface area contributed by atoms with Gasteiger partial charge < -0.3 is 14.5 Å². The first-order chi connectivity index (χ1) is 16.5. The summed E-state index contributed by atoms with van der Waals surface area (Å²) in [4.78, 5) is 37.6. The van der Waals surface area contributed by atoms with Gasteiger partial charge in [-0.2, -0.15) is 0 Å². The number of hydrogen-bond donors (Lipinski definition) is 0. The van der Waals surface area contributed by atoms with Gasteiger partial charge in [-0.25, -0.2) is 14.8 Å². The molecule has 8 nitrogen and oxygen atoms in total. The first-order valence-corrected chi connectivity index (χ1v) is 12.3. The number of anilines is 1. The number of amides is 1. The summed E-state index contributed by atoms with van der Waals surface area (Å²) in [5.74, 6) is 0.873. The van der Waals surface area contributed by atoms with E-state index in [1.165, 1.54) is 17.3 Å². The molecule has 0 radical (unpaired) electrons. The van der Waals surface area contributed by atoms with Crippen LogP contribution in [-0.2, 0) is 9.53 Å². The molecule has 3 aromatic rings. The summed E-state index contributed by atoms with van der Waals surface area (Å²) in [6.45, 7) is 8.91. The number of esters is 1. The van der Waals surface area contributed by atoms with Crippen molar-refractivity contribution in [2.45, 2.75) is 25.9 Å². The third kappa shape index (κ3) is 5.41. The zero-order valence-corrected chi connectivity index (χ0v) is 20.5. The van der Waals surface area contributed by atoms with Crippen LogP contribution in [0.1, 0.15) is 28.4 Å². The van der Waals surface area contributed by atoms with Gasteiger partial charge in [-0.05, 0) is 50.1 Å². The summed E-state index contributed by atoms with van der Waals surface area (Å²) in [6.07, 6.45) is 5.25. The lowest BCUT2D eigenvalue weighted by Crippen LogP contribution is -2.49. The summed E-state index contributed by atoms with van der Waals surface area (Å²) in [5, 5.41) is 0.812. The lowest BCUT2D eigenvalue weighted by atomic mass is 10.1. The van der Waals surface area contributed by atoms with E-state index in [1.807, 2.05) is 21.7 Å². The van der Waals surface area contributed by atoms with Crippen LogP contribution in [0.3, 0.4) is 0 Å². The Hall–Kier alpha value is -3.33. The standard InChI is InChI=1S/C25H29N5O3S/c1-4-33-24(32)20-7-8-22(27-16-20)28-11-13-29(14-12-28)23(31)17-34-25-26-9-10-30(25)21-15-18(2)5-6-19(21)3/h5-10,15-16H,4,11-14,17H2,1-3H3. The Bertz CT molecular complexity index is 1150. The number of benzene rings is 1. The van der Waals surface area contributed by atoms with E-state index in [1.54, 1.807) is 25.4 Å². The molecular weight excluding hydrogens is 450 g/mol. The van der Waals surface area contributed by atoms with Crippen molar-refractivity contribution in [1.82, 2.24) is 19.4 Å². The molecular formula is C25H29N5O3S. The zero-order valence-electron chi connectivity index (χ0n) is 19.7. The topological polar surface area (TPSA) is 80.6 Å². The molecule has 178 valence electrons. The molecule has 0 aliphatic carbocycles. The molecule has 1 aromatic carbocycles. The smallest absolute Gasteiger partial charge is 0.339 e. The number of ether oxygens (including phenoxy) is 1.